The molecule has 150 valence electrons. The molecular weight excluding hydrogens is 407 g/mol. The molecule has 0 aromatic heterocycles. The summed E-state index contributed by atoms with van der Waals surface area (Å²) < 4.78 is 46.4. The molecule has 0 spiro atoms. The SMILES string of the molecule is C[C@H]1CN(C(=O)c2ccc(Cl)c(S(=O)(=O)Nc3ccc(F)cc3)c2)[C@@H](C)CO1. The van der Waals surface area contributed by atoms with Crippen molar-refractivity contribution in [3.8, 4) is 0 Å². The van der Waals surface area contributed by atoms with Crippen LogP contribution in [0.1, 0.15) is 24.2 Å². The van der Waals surface area contributed by atoms with Gasteiger partial charge in [0.1, 0.15) is 10.7 Å². The summed E-state index contributed by atoms with van der Waals surface area (Å²) in [6.07, 6.45) is -0.101. The molecule has 6 nitrogen and oxygen atoms in total. The van der Waals surface area contributed by atoms with Crippen molar-refractivity contribution in [2.24, 2.45) is 0 Å². The van der Waals surface area contributed by atoms with Crippen molar-refractivity contribution in [2.75, 3.05) is 17.9 Å². The minimum absolute atomic E-state index is 0.0189. The summed E-state index contributed by atoms with van der Waals surface area (Å²) in [5.41, 5.74) is 0.398. The molecule has 2 aromatic carbocycles. The first-order valence-electron chi connectivity index (χ1n) is 8.68. The molecule has 1 saturated heterocycles. The molecule has 1 heterocycles. The number of halogens is 2. The molecule has 1 N–H and O–H groups in total. The molecule has 0 aliphatic carbocycles. The van der Waals surface area contributed by atoms with Crippen LogP contribution in [-0.4, -0.2) is 44.5 Å². The fraction of sp³-hybridized carbons (Fsp3) is 0.316. The molecular formula is C19H20ClFN2O4S. The summed E-state index contributed by atoms with van der Waals surface area (Å²) >= 11 is 6.09. The van der Waals surface area contributed by atoms with Gasteiger partial charge >= 0.3 is 0 Å². The molecule has 0 bridgehead atoms. The van der Waals surface area contributed by atoms with E-state index in [9.17, 15) is 17.6 Å². The van der Waals surface area contributed by atoms with Gasteiger partial charge in [0.2, 0.25) is 0 Å². The lowest BCUT2D eigenvalue weighted by atomic mass is 10.1. The van der Waals surface area contributed by atoms with E-state index in [4.69, 9.17) is 16.3 Å². The number of hydrogen-bond donors (Lipinski definition) is 1. The number of nitrogens with zero attached hydrogens (tertiary/aromatic N) is 1. The first kappa shape index (κ1) is 20.6. The van der Waals surface area contributed by atoms with Crippen molar-refractivity contribution >= 4 is 33.2 Å². The van der Waals surface area contributed by atoms with Gasteiger partial charge in [0, 0.05) is 17.8 Å². The van der Waals surface area contributed by atoms with Crippen LogP contribution in [-0.2, 0) is 14.8 Å². The number of ether oxygens (including phenoxy) is 1. The van der Waals surface area contributed by atoms with Crippen LogP contribution in [0, 0.1) is 5.82 Å². The number of hydrogen-bond acceptors (Lipinski definition) is 4. The largest absolute Gasteiger partial charge is 0.375 e. The first-order chi connectivity index (χ1) is 13.2. The van der Waals surface area contributed by atoms with Gasteiger partial charge in [-0.2, -0.15) is 0 Å². The number of amides is 1. The molecule has 1 aliphatic rings. The molecule has 1 aliphatic heterocycles. The number of benzene rings is 2. The van der Waals surface area contributed by atoms with Crippen LogP contribution in [0.15, 0.2) is 47.4 Å². The zero-order valence-corrected chi connectivity index (χ0v) is 16.9. The second-order valence-corrected chi connectivity index (χ2v) is 8.77. The molecule has 9 heteroatoms. The van der Waals surface area contributed by atoms with Crippen molar-refractivity contribution in [3.63, 3.8) is 0 Å². The van der Waals surface area contributed by atoms with Gasteiger partial charge in [0.15, 0.2) is 0 Å². The Bertz CT molecular complexity index is 982. The highest BCUT2D eigenvalue weighted by molar-refractivity contribution is 7.92. The predicted octanol–water partition coefficient (Wildman–Crippen LogP) is 3.53. The van der Waals surface area contributed by atoms with E-state index in [1.807, 2.05) is 13.8 Å². The van der Waals surface area contributed by atoms with Crippen molar-refractivity contribution in [1.29, 1.82) is 0 Å². The van der Waals surface area contributed by atoms with Gasteiger partial charge in [-0.1, -0.05) is 11.6 Å². The van der Waals surface area contributed by atoms with Crippen LogP contribution in [0.3, 0.4) is 0 Å². The summed E-state index contributed by atoms with van der Waals surface area (Å²) in [5.74, 6) is -0.778. The maximum absolute atomic E-state index is 13.0. The lowest BCUT2D eigenvalue weighted by Crippen LogP contribution is -2.50. The van der Waals surface area contributed by atoms with E-state index in [2.05, 4.69) is 4.72 Å². The Morgan fingerprint density at radius 2 is 1.89 bits per heavy atom. The van der Waals surface area contributed by atoms with Crippen LogP contribution in [0.4, 0.5) is 10.1 Å². The Labute approximate surface area is 168 Å². The minimum Gasteiger partial charge on any atom is -0.375 e. The third-order valence-corrected chi connectivity index (χ3v) is 6.30. The highest BCUT2D eigenvalue weighted by Crippen LogP contribution is 2.26. The molecule has 28 heavy (non-hydrogen) atoms. The average Bonchev–Trinajstić information content (AvgIpc) is 2.65. The van der Waals surface area contributed by atoms with E-state index in [1.165, 1.54) is 30.3 Å². The van der Waals surface area contributed by atoms with Gasteiger partial charge in [0.05, 0.1) is 23.8 Å². The topological polar surface area (TPSA) is 75.7 Å². The molecule has 2 atom stereocenters. The number of carbonyl (C=O) groups excluding carboxylic acids is 1. The zero-order chi connectivity index (χ0) is 20.5. The van der Waals surface area contributed by atoms with Gasteiger partial charge in [-0.3, -0.25) is 9.52 Å². The van der Waals surface area contributed by atoms with Gasteiger partial charge < -0.3 is 9.64 Å². The smallest absolute Gasteiger partial charge is 0.263 e. The summed E-state index contributed by atoms with van der Waals surface area (Å²) in [5, 5.41) is -0.0189. The number of anilines is 1. The van der Waals surface area contributed by atoms with Crippen LogP contribution >= 0.6 is 11.6 Å². The van der Waals surface area contributed by atoms with Gasteiger partial charge in [-0.05, 0) is 56.3 Å². The van der Waals surface area contributed by atoms with Crippen molar-refractivity contribution < 1.29 is 22.3 Å². The quantitative estimate of drug-likeness (QED) is 0.811. The van der Waals surface area contributed by atoms with E-state index in [-0.39, 0.29) is 39.2 Å². The molecule has 0 radical (unpaired) electrons. The number of nitrogens with one attached hydrogen (secondary N) is 1. The molecule has 2 aromatic rings. The Balaban J connectivity index is 1.90. The number of morpholine rings is 1. The number of carbonyl (C=O) groups is 1. The van der Waals surface area contributed by atoms with Gasteiger partial charge in [-0.25, -0.2) is 12.8 Å². The highest BCUT2D eigenvalue weighted by Gasteiger charge is 2.29. The summed E-state index contributed by atoms with van der Waals surface area (Å²) in [6, 6.07) is 8.87. The van der Waals surface area contributed by atoms with E-state index in [0.717, 1.165) is 12.1 Å². The van der Waals surface area contributed by atoms with E-state index >= 15 is 0 Å². The highest BCUT2D eigenvalue weighted by atomic mass is 35.5. The summed E-state index contributed by atoms with van der Waals surface area (Å²) in [4.78, 5) is 14.3. The summed E-state index contributed by atoms with van der Waals surface area (Å²) in [6.45, 7) is 4.57. The van der Waals surface area contributed by atoms with Crippen LogP contribution in [0.25, 0.3) is 0 Å². The van der Waals surface area contributed by atoms with E-state index in [0.29, 0.717) is 13.2 Å². The number of rotatable bonds is 4. The van der Waals surface area contributed by atoms with Crippen molar-refractivity contribution in [2.45, 2.75) is 30.9 Å². The monoisotopic (exact) mass is 426 g/mol. The molecule has 1 amide bonds. The lowest BCUT2D eigenvalue weighted by Gasteiger charge is -2.36. The normalized spacial score (nSPS) is 20.1. The number of sulfonamides is 1. The second kappa shape index (κ2) is 8.06. The van der Waals surface area contributed by atoms with E-state index in [1.54, 1.807) is 4.90 Å². The van der Waals surface area contributed by atoms with Crippen LogP contribution < -0.4 is 4.72 Å². The van der Waals surface area contributed by atoms with Crippen molar-refractivity contribution in [1.82, 2.24) is 4.90 Å². The third-order valence-electron chi connectivity index (χ3n) is 4.43. The maximum Gasteiger partial charge on any atom is 0.263 e. The zero-order valence-electron chi connectivity index (χ0n) is 15.4. The molecule has 0 unspecified atom stereocenters. The second-order valence-electron chi connectivity index (χ2n) is 6.71. The average molecular weight is 427 g/mol. The maximum atomic E-state index is 13.0. The molecule has 3 rings (SSSR count). The Morgan fingerprint density at radius 3 is 2.57 bits per heavy atom. The fourth-order valence-electron chi connectivity index (χ4n) is 2.92. The molecule has 1 fully saturated rings. The minimum atomic E-state index is -4.07. The van der Waals surface area contributed by atoms with Crippen molar-refractivity contribution in [3.05, 3.63) is 58.9 Å². The Morgan fingerprint density at radius 1 is 1.21 bits per heavy atom. The lowest BCUT2D eigenvalue weighted by molar-refractivity contribution is -0.0387. The molecule has 0 saturated carbocycles. The van der Waals surface area contributed by atoms with Gasteiger partial charge in [0.25, 0.3) is 15.9 Å². The van der Waals surface area contributed by atoms with E-state index < -0.39 is 15.8 Å². The predicted molar refractivity (Wildman–Crippen MR) is 105 cm³/mol. The first-order valence-corrected chi connectivity index (χ1v) is 10.5. The fourth-order valence-corrected chi connectivity index (χ4v) is 4.51. The van der Waals surface area contributed by atoms with Gasteiger partial charge in [-0.15, -0.1) is 0 Å². The Hall–Kier alpha value is -2.16. The van der Waals surface area contributed by atoms with Crippen LogP contribution in [0.5, 0.6) is 0 Å². The third kappa shape index (κ3) is 4.45. The standard InChI is InChI=1S/C19H20ClFN2O4S/c1-12-11-27-13(2)10-23(12)19(24)14-3-8-17(20)18(9-14)28(25,26)22-16-6-4-15(21)5-7-16/h3-9,12-13,22H,10-11H2,1-2H3/t12-,13-/m0/s1. The Kier molecular flexibility index (Phi) is 5.92. The van der Waals surface area contributed by atoms with Crippen LogP contribution in [0.2, 0.25) is 5.02 Å². The summed E-state index contributed by atoms with van der Waals surface area (Å²) in [7, 11) is -4.07.